The van der Waals surface area contributed by atoms with Crippen LogP contribution in [0, 0.1) is 5.82 Å². The first-order valence-electron chi connectivity index (χ1n) is 9.45. The zero-order chi connectivity index (χ0) is 20.9. The number of carbonyl (C=O) groups excluding carboxylic acids is 1. The van der Waals surface area contributed by atoms with Gasteiger partial charge in [0.1, 0.15) is 17.6 Å². The van der Waals surface area contributed by atoms with E-state index in [9.17, 15) is 9.18 Å². The van der Waals surface area contributed by atoms with Gasteiger partial charge in [0, 0.05) is 5.70 Å². The van der Waals surface area contributed by atoms with Crippen LogP contribution in [0.15, 0.2) is 89.6 Å². The second-order valence-electron chi connectivity index (χ2n) is 6.72. The van der Waals surface area contributed by atoms with Crippen LogP contribution in [0.3, 0.4) is 0 Å². The molecule has 0 spiro atoms. The van der Waals surface area contributed by atoms with Gasteiger partial charge in [0.15, 0.2) is 0 Å². The second kappa shape index (κ2) is 8.61. The van der Waals surface area contributed by atoms with Crippen molar-refractivity contribution < 1.29 is 13.9 Å². The van der Waals surface area contributed by atoms with Crippen LogP contribution >= 0.6 is 0 Å². The van der Waals surface area contributed by atoms with E-state index in [1.165, 1.54) is 18.2 Å². The molecule has 1 amide bonds. The van der Waals surface area contributed by atoms with Crippen molar-refractivity contribution in [1.29, 1.82) is 0 Å². The Morgan fingerprint density at radius 3 is 2.43 bits per heavy atom. The minimum absolute atomic E-state index is 0.0384. The molecule has 0 fully saturated rings. The minimum atomic E-state index is -0.583. The lowest BCUT2D eigenvalue weighted by atomic mass is 10.0. The Bertz CT molecular complexity index is 1110. The molecule has 0 saturated carbocycles. The Kier molecular flexibility index (Phi) is 5.57. The van der Waals surface area contributed by atoms with Crippen molar-refractivity contribution >= 4 is 17.9 Å². The van der Waals surface area contributed by atoms with Crippen molar-refractivity contribution in [3.8, 4) is 5.75 Å². The number of guanidine groups is 1. The zero-order valence-corrected chi connectivity index (χ0v) is 16.3. The molecule has 1 aliphatic rings. The third-order valence-electron chi connectivity index (χ3n) is 4.72. The van der Waals surface area contributed by atoms with E-state index in [4.69, 9.17) is 4.74 Å². The maximum Gasteiger partial charge on any atom is 0.260 e. The predicted molar refractivity (Wildman–Crippen MR) is 115 cm³/mol. The van der Waals surface area contributed by atoms with Gasteiger partial charge in [0.25, 0.3) is 5.91 Å². The maximum absolute atomic E-state index is 13.9. The number of rotatable bonds is 4. The second-order valence-corrected chi connectivity index (χ2v) is 6.72. The first-order valence-corrected chi connectivity index (χ1v) is 9.45. The van der Waals surface area contributed by atoms with Gasteiger partial charge >= 0.3 is 0 Å². The third kappa shape index (κ3) is 4.22. The summed E-state index contributed by atoms with van der Waals surface area (Å²) in [6.45, 7) is 0. The van der Waals surface area contributed by atoms with Crippen LogP contribution in [0.25, 0.3) is 6.08 Å². The van der Waals surface area contributed by atoms with E-state index < -0.39 is 11.7 Å². The van der Waals surface area contributed by atoms with E-state index in [0.717, 1.165) is 22.6 Å². The van der Waals surface area contributed by atoms with Crippen molar-refractivity contribution in [2.45, 2.75) is 6.04 Å². The quantitative estimate of drug-likeness (QED) is 0.685. The van der Waals surface area contributed by atoms with Gasteiger partial charge < -0.3 is 10.1 Å². The number of hydrogen-bond donors (Lipinski definition) is 2. The number of carbonyl (C=O) groups is 1. The first-order chi connectivity index (χ1) is 14.6. The summed E-state index contributed by atoms with van der Waals surface area (Å²) in [6, 6.07) is 22.9. The van der Waals surface area contributed by atoms with Gasteiger partial charge in [-0.15, -0.1) is 0 Å². The predicted octanol–water partition coefficient (Wildman–Crippen LogP) is 4.31. The molecule has 3 aromatic carbocycles. The molecule has 4 rings (SSSR count). The molecule has 1 aliphatic heterocycles. The van der Waals surface area contributed by atoms with Gasteiger partial charge in [-0.05, 0) is 41.5 Å². The molecular formula is C24H20FN3O2. The van der Waals surface area contributed by atoms with Crippen molar-refractivity contribution in [2.24, 2.45) is 4.99 Å². The number of nitrogens with zero attached hydrogens (tertiary/aromatic N) is 1. The SMILES string of the molecule is COc1ccc(C2N=C(NC(=O)c3ccccc3F)N/C2=C\c2ccccc2)cc1. The van der Waals surface area contributed by atoms with Gasteiger partial charge in [0.05, 0.1) is 12.7 Å². The number of aliphatic imine (C=N–C) groups is 1. The molecule has 1 unspecified atom stereocenters. The van der Waals surface area contributed by atoms with E-state index in [-0.39, 0.29) is 17.6 Å². The third-order valence-corrected chi connectivity index (χ3v) is 4.72. The number of hydrogen-bond acceptors (Lipinski definition) is 4. The Labute approximate surface area is 173 Å². The van der Waals surface area contributed by atoms with Crippen LogP contribution in [0.1, 0.15) is 27.5 Å². The maximum atomic E-state index is 13.9. The molecule has 30 heavy (non-hydrogen) atoms. The molecule has 0 saturated heterocycles. The molecule has 0 aromatic heterocycles. The van der Waals surface area contributed by atoms with Gasteiger partial charge in [-0.25, -0.2) is 9.38 Å². The molecule has 0 radical (unpaired) electrons. The Morgan fingerprint density at radius 2 is 1.73 bits per heavy atom. The van der Waals surface area contributed by atoms with Gasteiger partial charge in [-0.1, -0.05) is 54.6 Å². The number of nitrogens with one attached hydrogen (secondary N) is 2. The van der Waals surface area contributed by atoms with Gasteiger partial charge in [-0.2, -0.15) is 0 Å². The monoisotopic (exact) mass is 401 g/mol. The van der Waals surface area contributed by atoms with Gasteiger partial charge in [0.2, 0.25) is 5.96 Å². The summed E-state index contributed by atoms with van der Waals surface area (Å²) in [7, 11) is 1.61. The van der Waals surface area contributed by atoms with Crippen molar-refractivity contribution in [1.82, 2.24) is 10.6 Å². The highest BCUT2D eigenvalue weighted by Gasteiger charge is 2.26. The fourth-order valence-electron chi connectivity index (χ4n) is 3.20. The molecule has 150 valence electrons. The Morgan fingerprint density at radius 1 is 1.03 bits per heavy atom. The van der Waals surface area contributed by atoms with Crippen LogP contribution in [0.2, 0.25) is 0 Å². The fourth-order valence-corrected chi connectivity index (χ4v) is 3.20. The Balaban J connectivity index is 1.64. The largest absolute Gasteiger partial charge is 0.497 e. The molecular weight excluding hydrogens is 381 g/mol. The molecule has 3 aromatic rings. The summed E-state index contributed by atoms with van der Waals surface area (Å²) in [5.74, 6) is -0.129. The summed E-state index contributed by atoms with van der Waals surface area (Å²) in [5.41, 5.74) is 2.69. The van der Waals surface area contributed by atoms with E-state index in [2.05, 4.69) is 15.6 Å². The first kappa shape index (κ1) is 19.4. The van der Waals surface area contributed by atoms with E-state index in [1.807, 2.05) is 60.7 Å². The normalized spacial score (nSPS) is 16.7. The summed E-state index contributed by atoms with van der Waals surface area (Å²) in [4.78, 5) is 17.1. The molecule has 5 nitrogen and oxygen atoms in total. The highest BCUT2D eigenvalue weighted by atomic mass is 19.1. The van der Waals surface area contributed by atoms with E-state index >= 15 is 0 Å². The van der Waals surface area contributed by atoms with Crippen molar-refractivity contribution in [2.75, 3.05) is 7.11 Å². The summed E-state index contributed by atoms with van der Waals surface area (Å²) in [6.07, 6.45) is 1.97. The van der Waals surface area contributed by atoms with Gasteiger partial charge in [-0.3, -0.25) is 10.1 Å². The molecule has 2 N–H and O–H groups in total. The van der Waals surface area contributed by atoms with E-state index in [1.54, 1.807) is 13.2 Å². The summed E-state index contributed by atoms with van der Waals surface area (Å²) in [5, 5.41) is 5.83. The number of halogens is 1. The molecule has 0 bridgehead atoms. The summed E-state index contributed by atoms with van der Waals surface area (Å²) >= 11 is 0. The van der Waals surface area contributed by atoms with Crippen LogP contribution in [0.4, 0.5) is 4.39 Å². The smallest absolute Gasteiger partial charge is 0.260 e. The highest BCUT2D eigenvalue weighted by Crippen LogP contribution is 2.30. The minimum Gasteiger partial charge on any atom is -0.497 e. The lowest BCUT2D eigenvalue weighted by Gasteiger charge is -2.11. The number of ether oxygens (including phenoxy) is 1. The number of methoxy groups -OCH3 is 1. The molecule has 6 heteroatoms. The van der Waals surface area contributed by atoms with Crippen LogP contribution in [-0.2, 0) is 0 Å². The lowest BCUT2D eigenvalue weighted by Crippen LogP contribution is -2.37. The van der Waals surface area contributed by atoms with Crippen LogP contribution < -0.4 is 15.4 Å². The Hall–Kier alpha value is -3.93. The standard InChI is InChI=1S/C24H20FN3O2/c1-30-18-13-11-17(12-14-18)22-21(15-16-7-3-2-4-8-16)26-24(27-22)28-23(29)19-9-5-6-10-20(19)25/h2-15,22H,1H3,(H2,26,27,28,29)/b21-15-. The topological polar surface area (TPSA) is 62.7 Å². The summed E-state index contributed by atoms with van der Waals surface area (Å²) < 4.78 is 19.2. The van der Waals surface area contributed by atoms with Crippen molar-refractivity contribution in [3.63, 3.8) is 0 Å². The highest BCUT2D eigenvalue weighted by molar-refractivity contribution is 6.07. The molecule has 1 atom stereocenters. The van der Waals surface area contributed by atoms with Crippen LogP contribution in [-0.4, -0.2) is 19.0 Å². The fraction of sp³-hybridized carbons (Fsp3) is 0.0833. The number of amides is 1. The average molecular weight is 401 g/mol. The van der Waals surface area contributed by atoms with Crippen molar-refractivity contribution in [3.05, 3.63) is 107 Å². The van der Waals surface area contributed by atoms with E-state index in [0.29, 0.717) is 0 Å². The molecule has 0 aliphatic carbocycles. The number of benzene rings is 3. The van der Waals surface area contributed by atoms with Crippen LogP contribution in [0.5, 0.6) is 5.75 Å². The molecule has 1 heterocycles. The zero-order valence-electron chi connectivity index (χ0n) is 16.3. The lowest BCUT2D eigenvalue weighted by molar-refractivity contribution is 0.0972. The average Bonchev–Trinajstić information content (AvgIpc) is 3.16.